The van der Waals surface area contributed by atoms with Gasteiger partial charge in [0, 0.05) is 11.1 Å². The lowest BCUT2D eigenvalue weighted by Gasteiger charge is -2.28. The Labute approximate surface area is 154 Å². The topological polar surface area (TPSA) is 93.1 Å². The maximum atomic E-state index is 11.9. The predicted octanol–water partition coefficient (Wildman–Crippen LogP) is 2.06. The zero-order valence-corrected chi connectivity index (χ0v) is 15.4. The number of carbonyl (C=O) groups is 2. The minimum Gasteiger partial charge on any atom is -0.462 e. The quantitative estimate of drug-likeness (QED) is 0.451. The highest BCUT2D eigenvalue weighted by molar-refractivity contribution is 5.91. The summed E-state index contributed by atoms with van der Waals surface area (Å²) in [4.78, 5) is 23.8. The van der Waals surface area contributed by atoms with Crippen LogP contribution in [0.25, 0.3) is 0 Å². The average Bonchev–Trinajstić information content (AvgIpc) is 2.90. The van der Waals surface area contributed by atoms with Gasteiger partial charge in [0.15, 0.2) is 0 Å². The summed E-state index contributed by atoms with van der Waals surface area (Å²) in [5, 5.41) is 20.1. The Morgan fingerprint density at radius 2 is 2.23 bits per heavy atom. The number of hydrogen-bond donors (Lipinski definition) is 2. The van der Waals surface area contributed by atoms with Crippen LogP contribution in [0, 0.1) is 11.8 Å². The van der Waals surface area contributed by atoms with Gasteiger partial charge in [0.1, 0.15) is 6.10 Å². The number of aliphatic hydroxyl groups excluding tert-OH is 2. The number of carbonyl (C=O) groups excluding carboxylic acids is 2. The highest BCUT2D eigenvalue weighted by Crippen LogP contribution is 2.37. The third-order valence-electron chi connectivity index (χ3n) is 5.19. The van der Waals surface area contributed by atoms with Crippen molar-refractivity contribution in [3.05, 3.63) is 35.5 Å². The average molecular weight is 364 g/mol. The molecule has 6 nitrogen and oxygen atoms in total. The Morgan fingerprint density at radius 3 is 2.88 bits per heavy atom. The fourth-order valence-corrected chi connectivity index (χ4v) is 3.48. The highest BCUT2D eigenvalue weighted by Gasteiger charge is 2.44. The minimum atomic E-state index is -0.844. The summed E-state index contributed by atoms with van der Waals surface area (Å²) in [7, 11) is 0. The van der Waals surface area contributed by atoms with E-state index >= 15 is 0 Å². The van der Waals surface area contributed by atoms with Crippen molar-refractivity contribution in [1.29, 1.82) is 0 Å². The normalized spacial score (nSPS) is 32.3. The monoisotopic (exact) mass is 364 g/mol. The van der Waals surface area contributed by atoms with E-state index in [2.05, 4.69) is 6.58 Å². The number of aliphatic hydroxyl groups is 2. The summed E-state index contributed by atoms with van der Waals surface area (Å²) in [6, 6.07) is 0. The standard InChI is InChI=1S/C20H28O6/c1-4-12(2)19(23)25-11-15-7-5-6-14(10-21)8-16(22)18-13(3)20(24)26-17(18)9-15/h4,6,15-18,21-22H,3,5,7-11H2,1-2H3/b12-4-,14-6+/t15-,16-,17-,18-/m1/s1. The third-order valence-corrected chi connectivity index (χ3v) is 5.19. The number of allylic oxidation sites excluding steroid dienone is 2. The summed E-state index contributed by atoms with van der Waals surface area (Å²) in [5.74, 6) is -1.38. The Kier molecular flexibility index (Phi) is 7.17. The van der Waals surface area contributed by atoms with Gasteiger partial charge in [0.05, 0.1) is 25.2 Å². The van der Waals surface area contributed by atoms with Gasteiger partial charge in [-0.3, -0.25) is 0 Å². The van der Waals surface area contributed by atoms with Crippen LogP contribution >= 0.6 is 0 Å². The molecule has 0 spiro atoms. The molecule has 1 heterocycles. The van der Waals surface area contributed by atoms with Gasteiger partial charge in [-0.2, -0.15) is 0 Å². The second-order valence-electron chi connectivity index (χ2n) is 7.04. The molecule has 1 saturated heterocycles. The van der Waals surface area contributed by atoms with E-state index in [1.54, 1.807) is 19.9 Å². The number of hydrogen-bond acceptors (Lipinski definition) is 6. The minimum absolute atomic E-state index is 0.0173. The molecule has 26 heavy (non-hydrogen) atoms. The van der Waals surface area contributed by atoms with Crippen LogP contribution in [-0.4, -0.2) is 47.6 Å². The Bertz CT molecular complexity index is 618. The Morgan fingerprint density at radius 1 is 1.50 bits per heavy atom. The van der Waals surface area contributed by atoms with Crippen LogP contribution in [0.4, 0.5) is 0 Å². The van der Waals surface area contributed by atoms with Crippen molar-refractivity contribution in [2.24, 2.45) is 11.8 Å². The van der Waals surface area contributed by atoms with Gasteiger partial charge >= 0.3 is 11.9 Å². The van der Waals surface area contributed by atoms with Crippen molar-refractivity contribution < 1.29 is 29.3 Å². The summed E-state index contributed by atoms with van der Waals surface area (Å²) in [6.07, 6.45) is 4.48. The Hall–Kier alpha value is -1.92. The lowest BCUT2D eigenvalue weighted by molar-refractivity contribution is -0.144. The SMILES string of the molecule is C=C1C(=O)O[C@@H]2C[C@H](COC(=O)/C(C)=C\C)CC/C=C(/CO)C[C@@H](O)[C@@H]12. The van der Waals surface area contributed by atoms with Crippen LogP contribution in [0.1, 0.15) is 39.5 Å². The van der Waals surface area contributed by atoms with Gasteiger partial charge in [0.25, 0.3) is 0 Å². The molecule has 0 saturated carbocycles. The van der Waals surface area contributed by atoms with Crippen LogP contribution in [0.3, 0.4) is 0 Å². The molecule has 6 heteroatoms. The van der Waals surface area contributed by atoms with E-state index in [9.17, 15) is 19.8 Å². The van der Waals surface area contributed by atoms with Crippen molar-refractivity contribution in [3.8, 4) is 0 Å². The van der Waals surface area contributed by atoms with E-state index in [4.69, 9.17) is 9.47 Å². The molecule has 0 bridgehead atoms. The zero-order chi connectivity index (χ0) is 19.3. The molecule has 1 aliphatic heterocycles. The van der Waals surface area contributed by atoms with E-state index in [0.29, 0.717) is 18.4 Å². The maximum absolute atomic E-state index is 11.9. The molecule has 0 unspecified atom stereocenters. The van der Waals surface area contributed by atoms with E-state index in [-0.39, 0.29) is 37.1 Å². The molecular formula is C20H28O6. The van der Waals surface area contributed by atoms with Crippen molar-refractivity contribution in [2.45, 2.75) is 51.7 Å². The van der Waals surface area contributed by atoms with Crippen LogP contribution < -0.4 is 0 Å². The van der Waals surface area contributed by atoms with Gasteiger partial charge in [0.2, 0.25) is 0 Å². The summed E-state index contributed by atoms with van der Waals surface area (Å²) < 4.78 is 10.8. The molecule has 2 rings (SSSR count). The lowest BCUT2D eigenvalue weighted by atomic mass is 9.82. The van der Waals surface area contributed by atoms with Crippen LogP contribution in [0.2, 0.25) is 0 Å². The highest BCUT2D eigenvalue weighted by atomic mass is 16.6. The molecule has 0 aromatic carbocycles. The maximum Gasteiger partial charge on any atom is 0.334 e. The first-order valence-corrected chi connectivity index (χ1v) is 9.04. The molecule has 144 valence electrons. The molecule has 1 aliphatic carbocycles. The van der Waals surface area contributed by atoms with E-state index in [1.165, 1.54) is 0 Å². The van der Waals surface area contributed by atoms with Crippen LogP contribution in [0.15, 0.2) is 35.5 Å². The summed E-state index contributed by atoms with van der Waals surface area (Å²) in [5.41, 5.74) is 1.54. The second kappa shape index (κ2) is 9.14. The lowest BCUT2D eigenvalue weighted by Crippen LogP contribution is -2.33. The van der Waals surface area contributed by atoms with Gasteiger partial charge in [-0.25, -0.2) is 9.59 Å². The fraction of sp³-hybridized carbons (Fsp3) is 0.600. The molecule has 0 aromatic rings. The molecule has 2 aliphatic rings. The fourth-order valence-electron chi connectivity index (χ4n) is 3.48. The van der Waals surface area contributed by atoms with Gasteiger partial charge in [-0.05, 0) is 51.0 Å². The predicted molar refractivity (Wildman–Crippen MR) is 96.0 cm³/mol. The first kappa shape index (κ1) is 20.4. The number of fused-ring (bicyclic) bond motifs is 1. The first-order chi connectivity index (χ1) is 12.4. The number of ether oxygens (including phenoxy) is 2. The Balaban J connectivity index is 2.16. The largest absolute Gasteiger partial charge is 0.462 e. The molecule has 0 aromatic heterocycles. The van der Waals surface area contributed by atoms with Crippen molar-refractivity contribution in [1.82, 2.24) is 0 Å². The van der Waals surface area contributed by atoms with Crippen LogP contribution in [0.5, 0.6) is 0 Å². The molecule has 1 fully saturated rings. The molecular weight excluding hydrogens is 336 g/mol. The van der Waals surface area contributed by atoms with E-state index < -0.39 is 24.1 Å². The van der Waals surface area contributed by atoms with Gasteiger partial charge in [-0.15, -0.1) is 0 Å². The van der Waals surface area contributed by atoms with Gasteiger partial charge < -0.3 is 19.7 Å². The number of rotatable bonds is 4. The number of esters is 2. The van der Waals surface area contributed by atoms with E-state index in [0.717, 1.165) is 12.0 Å². The van der Waals surface area contributed by atoms with Crippen molar-refractivity contribution in [3.63, 3.8) is 0 Å². The summed E-state index contributed by atoms with van der Waals surface area (Å²) >= 11 is 0. The molecule has 0 amide bonds. The molecule has 2 N–H and O–H groups in total. The first-order valence-electron chi connectivity index (χ1n) is 9.04. The van der Waals surface area contributed by atoms with Crippen molar-refractivity contribution in [2.75, 3.05) is 13.2 Å². The van der Waals surface area contributed by atoms with Gasteiger partial charge in [-0.1, -0.05) is 18.7 Å². The van der Waals surface area contributed by atoms with E-state index in [1.807, 2.05) is 6.08 Å². The van der Waals surface area contributed by atoms with Crippen molar-refractivity contribution >= 4 is 11.9 Å². The van der Waals surface area contributed by atoms with Crippen LogP contribution in [-0.2, 0) is 19.1 Å². The molecule has 0 radical (unpaired) electrons. The zero-order valence-electron chi connectivity index (χ0n) is 15.4. The second-order valence-corrected chi connectivity index (χ2v) is 7.04. The summed E-state index contributed by atoms with van der Waals surface area (Å²) in [6.45, 7) is 7.32. The smallest absolute Gasteiger partial charge is 0.334 e. The third kappa shape index (κ3) is 4.83. The molecule has 4 atom stereocenters.